The van der Waals surface area contributed by atoms with E-state index in [0.29, 0.717) is 0 Å². The van der Waals surface area contributed by atoms with Gasteiger partial charge >= 0.3 is 0 Å². The number of rotatable bonds is 4. The molecule has 84 valence electrons. The number of nitrogens with two attached hydrogens (primary N) is 1. The van der Waals surface area contributed by atoms with E-state index < -0.39 is 0 Å². The van der Waals surface area contributed by atoms with Crippen LogP contribution in [-0.4, -0.2) is 25.5 Å². The Hall–Kier alpha value is -1.12. The van der Waals surface area contributed by atoms with Gasteiger partial charge in [0, 0.05) is 31.9 Å². The van der Waals surface area contributed by atoms with E-state index in [9.17, 15) is 0 Å². The largest absolute Gasteiger partial charge is 0.404 e. The molecule has 0 fully saturated rings. The van der Waals surface area contributed by atoms with Gasteiger partial charge in [0.25, 0.3) is 0 Å². The fourth-order valence-corrected chi connectivity index (χ4v) is 1.80. The minimum atomic E-state index is 0.719. The van der Waals surface area contributed by atoms with Crippen LogP contribution in [-0.2, 0) is 0 Å². The summed E-state index contributed by atoms with van der Waals surface area (Å²) in [4.78, 5) is 8.54. The molecule has 0 aliphatic carbocycles. The molecule has 0 radical (unpaired) electrons. The van der Waals surface area contributed by atoms with Crippen LogP contribution in [0.4, 0.5) is 0 Å². The van der Waals surface area contributed by atoms with Crippen molar-refractivity contribution in [1.82, 2.24) is 0 Å². The number of nitrogens with zero attached hydrogens (tertiary/aromatic N) is 2. The van der Waals surface area contributed by atoms with Gasteiger partial charge in [-0.3, -0.25) is 9.98 Å². The van der Waals surface area contributed by atoms with Crippen LogP contribution >= 0.6 is 0 Å². The first kappa shape index (κ1) is 12.0. The summed E-state index contributed by atoms with van der Waals surface area (Å²) in [5.41, 5.74) is 7.85. The quantitative estimate of drug-likeness (QED) is 0.705. The van der Waals surface area contributed by atoms with E-state index in [0.717, 1.165) is 36.8 Å². The Bertz CT molecular complexity index is 287. The van der Waals surface area contributed by atoms with E-state index in [2.05, 4.69) is 23.8 Å². The van der Waals surface area contributed by atoms with Crippen LogP contribution in [0.5, 0.6) is 0 Å². The van der Waals surface area contributed by atoms with Gasteiger partial charge < -0.3 is 5.73 Å². The standard InChI is InChI=1S/C12H21N3/c1-9(2)11-5-12(15-8-11)4-10(6-13)7-14-3/h6-7,9,11H,4-5,8,13H2,1-3H3. The lowest BCUT2D eigenvalue weighted by molar-refractivity contribution is 0.425. The summed E-state index contributed by atoms with van der Waals surface area (Å²) >= 11 is 0. The Labute approximate surface area is 92.2 Å². The summed E-state index contributed by atoms with van der Waals surface area (Å²) in [6.45, 7) is 5.50. The first-order chi connectivity index (χ1) is 7.17. The average Bonchev–Trinajstić information content (AvgIpc) is 2.65. The van der Waals surface area contributed by atoms with Crippen LogP contribution < -0.4 is 5.73 Å². The molecule has 3 heteroatoms. The molecule has 0 amide bonds. The van der Waals surface area contributed by atoms with E-state index in [1.807, 2.05) is 6.21 Å². The number of allylic oxidation sites excluding steroid dienone is 1. The summed E-state index contributed by atoms with van der Waals surface area (Å²) in [6, 6.07) is 0. The van der Waals surface area contributed by atoms with Gasteiger partial charge in [0.1, 0.15) is 0 Å². The predicted octanol–water partition coefficient (Wildman–Crippen LogP) is 2.04. The Morgan fingerprint density at radius 2 is 2.40 bits per heavy atom. The Kier molecular flexibility index (Phi) is 4.53. The SMILES string of the molecule is CN=CC(=CN)CC1=NCC(C(C)C)C1. The number of hydrogen-bond acceptors (Lipinski definition) is 3. The fraction of sp³-hybridized carbons (Fsp3) is 0.667. The van der Waals surface area contributed by atoms with Crippen molar-refractivity contribution >= 4 is 11.9 Å². The first-order valence-electron chi connectivity index (χ1n) is 5.52. The number of aliphatic imine (C=N–C) groups is 2. The van der Waals surface area contributed by atoms with Crippen LogP contribution in [0.2, 0.25) is 0 Å². The van der Waals surface area contributed by atoms with Gasteiger partial charge in [0.2, 0.25) is 0 Å². The van der Waals surface area contributed by atoms with Crippen molar-refractivity contribution in [3.8, 4) is 0 Å². The van der Waals surface area contributed by atoms with Crippen molar-refractivity contribution in [2.45, 2.75) is 26.7 Å². The van der Waals surface area contributed by atoms with Gasteiger partial charge in [-0.25, -0.2) is 0 Å². The van der Waals surface area contributed by atoms with Crippen molar-refractivity contribution in [3.05, 3.63) is 11.8 Å². The monoisotopic (exact) mass is 207 g/mol. The zero-order valence-electron chi connectivity index (χ0n) is 9.90. The summed E-state index contributed by atoms with van der Waals surface area (Å²) in [6.07, 6.45) is 5.41. The van der Waals surface area contributed by atoms with Crippen LogP contribution in [0.1, 0.15) is 26.7 Å². The lowest BCUT2D eigenvalue weighted by Crippen LogP contribution is -2.10. The molecule has 2 N–H and O–H groups in total. The van der Waals surface area contributed by atoms with E-state index in [4.69, 9.17) is 5.73 Å². The van der Waals surface area contributed by atoms with E-state index in [-0.39, 0.29) is 0 Å². The molecule has 0 bridgehead atoms. The van der Waals surface area contributed by atoms with Crippen LogP contribution in [0.3, 0.4) is 0 Å². The third-order valence-electron chi connectivity index (χ3n) is 2.91. The topological polar surface area (TPSA) is 50.7 Å². The molecule has 0 spiro atoms. The van der Waals surface area contributed by atoms with Crippen molar-refractivity contribution in [1.29, 1.82) is 0 Å². The Morgan fingerprint density at radius 3 is 2.87 bits per heavy atom. The Balaban J connectivity index is 2.48. The summed E-state index contributed by atoms with van der Waals surface area (Å²) in [7, 11) is 1.76. The second kappa shape index (κ2) is 5.69. The number of hydrogen-bond donors (Lipinski definition) is 1. The maximum atomic E-state index is 5.52. The smallest absolute Gasteiger partial charge is 0.0423 e. The molecule has 0 saturated carbocycles. The maximum Gasteiger partial charge on any atom is 0.0423 e. The first-order valence-corrected chi connectivity index (χ1v) is 5.52. The molecule has 0 aromatic heterocycles. The Morgan fingerprint density at radius 1 is 1.67 bits per heavy atom. The maximum absolute atomic E-state index is 5.52. The third-order valence-corrected chi connectivity index (χ3v) is 2.91. The molecule has 1 aliphatic heterocycles. The molecule has 1 atom stereocenters. The third kappa shape index (κ3) is 3.50. The molecular weight excluding hydrogens is 186 g/mol. The van der Waals surface area contributed by atoms with Gasteiger partial charge in [-0.2, -0.15) is 0 Å². The highest BCUT2D eigenvalue weighted by molar-refractivity contribution is 5.94. The molecular formula is C12H21N3. The highest BCUT2D eigenvalue weighted by atomic mass is 14.8. The van der Waals surface area contributed by atoms with Crippen LogP contribution in [0.15, 0.2) is 21.8 Å². The molecule has 0 aromatic rings. The van der Waals surface area contributed by atoms with Crippen molar-refractivity contribution < 1.29 is 0 Å². The summed E-state index contributed by atoms with van der Waals surface area (Å²) in [5, 5.41) is 0. The molecule has 1 unspecified atom stereocenters. The molecule has 0 aromatic carbocycles. The zero-order chi connectivity index (χ0) is 11.3. The van der Waals surface area contributed by atoms with E-state index >= 15 is 0 Å². The molecule has 1 aliphatic rings. The van der Waals surface area contributed by atoms with E-state index in [1.165, 1.54) is 5.71 Å². The second-order valence-electron chi connectivity index (χ2n) is 4.42. The van der Waals surface area contributed by atoms with E-state index in [1.54, 1.807) is 13.2 Å². The predicted molar refractivity (Wildman–Crippen MR) is 66.6 cm³/mol. The second-order valence-corrected chi connectivity index (χ2v) is 4.42. The van der Waals surface area contributed by atoms with Gasteiger partial charge in [-0.1, -0.05) is 13.8 Å². The summed E-state index contributed by atoms with van der Waals surface area (Å²) < 4.78 is 0. The lowest BCUT2D eigenvalue weighted by Gasteiger charge is -2.12. The lowest BCUT2D eigenvalue weighted by atomic mass is 9.92. The van der Waals surface area contributed by atoms with Gasteiger partial charge in [-0.05, 0) is 30.0 Å². The minimum Gasteiger partial charge on any atom is -0.404 e. The molecule has 1 heterocycles. The van der Waals surface area contributed by atoms with Gasteiger partial charge in [0.05, 0.1) is 0 Å². The normalized spacial score (nSPS) is 22.8. The zero-order valence-corrected chi connectivity index (χ0v) is 9.90. The van der Waals surface area contributed by atoms with Gasteiger partial charge in [0.15, 0.2) is 0 Å². The molecule has 3 nitrogen and oxygen atoms in total. The van der Waals surface area contributed by atoms with Crippen molar-refractivity contribution in [2.24, 2.45) is 27.6 Å². The summed E-state index contributed by atoms with van der Waals surface area (Å²) in [5.74, 6) is 1.44. The van der Waals surface area contributed by atoms with Crippen molar-refractivity contribution in [3.63, 3.8) is 0 Å². The minimum absolute atomic E-state index is 0.719. The highest BCUT2D eigenvalue weighted by Gasteiger charge is 2.21. The molecule has 15 heavy (non-hydrogen) atoms. The average molecular weight is 207 g/mol. The van der Waals surface area contributed by atoms with Crippen LogP contribution in [0, 0.1) is 11.8 Å². The van der Waals surface area contributed by atoms with Gasteiger partial charge in [-0.15, -0.1) is 0 Å². The van der Waals surface area contributed by atoms with Crippen molar-refractivity contribution in [2.75, 3.05) is 13.6 Å². The highest BCUT2D eigenvalue weighted by Crippen LogP contribution is 2.24. The molecule has 1 rings (SSSR count). The molecule has 0 saturated heterocycles. The fourth-order valence-electron chi connectivity index (χ4n) is 1.80. The van der Waals surface area contributed by atoms with Crippen LogP contribution in [0.25, 0.3) is 0 Å².